The number of nitrogens with one attached hydrogen (secondary N) is 1. The Morgan fingerprint density at radius 1 is 1.10 bits per heavy atom. The molecule has 0 spiro atoms. The maximum absolute atomic E-state index is 12.7. The summed E-state index contributed by atoms with van der Waals surface area (Å²) >= 11 is 0. The van der Waals surface area contributed by atoms with Crippen molar-refractivity contribution in [3.63, 3.8) is 0 Å². The molecule has 0 saturated heterocycles. The first-order valence-electron chi connectivity index (χ1n) is 6.49. The fraction of sp³-hybridized carbons (Fsp3) is 0.188. The molecule has 0 aromatic heterocycles. The average Bonchev–Trinajstić information content (AvgIpc) is 2.41. The number of rotatable bonds is 5. The second kappa shape index (κ2) is 6.70. The van der Waals surface area contributed by atoms with Crippen LogP contribution in [0.2, 0.25) is 0 Å². The van der Waals surface area contributed by atoms with Crippen LogP contribution in [0.3, 0.4) is 0 Å². The van der Waals surface area contributed by atoms with Gasteiger partial charge in [0.25, 0.3) is 0 Å². The molecule has 4 heteroatoms. The molecule has 0 aliphatic carbocycles. The van der Waals surface area contributed by atoms with Crippen molar-refractivity contribution in [1.82, 2.24) is 5.32 Å². The zero-order chi connectivity index (χ0) is 14.4. The Hall–Kier alpha value is -2.36. The maximum Gasteiger partial charge on any atom is 0.224 e. The summed E-state index contributed by atoms with van der Waals surface area (Å²) in [4.78, 5) is 11.8. The maximum atomic E-state index is 12.7. The van der Waals surface area contributed by atoms with Gasteiger partial charge in [-0.2, -0.15) is 0 Å². The Morgan fingerprint density at radius 3 is 2.55 bits per heavy atom. The molecule has 2 aromatic carbocycles. The number of hydrogen-bond acceptors (Lipinski definition) is 2. The van der Waals surface area contributed by atoms with Gasteiger partial charge in [-0.05, 0) is 41.8 Å². The minimum absolute atomic E-state index is 0.0438. The minimum Gasteiger partial charge on any atom is -0.399 e. The van der Waals surface area contributed by atoms with Crippen LogP contribution >= 0.6 is 0 Å². The Bertz CT molecular complexity index is 581. The molecule has 0 aliphatic heterocycles. The Morgan fingerprint density at radius 2 is 1.85 bits per heavy atom. The molecule has 2 rings (SSSR count). The lowest BCUT2D eigenvalue weighted by atomic mass is 10.1. The van der Waals surface area contributed by atoms with Crippen molar-refractivity contribution in [3.8, 4) is 0 Å². The quantitative estimate of drug-likeness (QED) is 0.821. The van der Waals surface area contributed by atoms with Gasteiger partial charge in [0.05, 0.1) is 6.42 Å². The summed E-state index contributed by atoms with van der Waals surface area (Å²) in [6, 6.07) is 13.6. The third-order valence-corrected chi connectivity index (χ3v) is 2.96. The van der Waals surface area contributed by atoms with Gasteiger partial charge in [0.15, 0.2) is 0 Å². The molecule has 0 heterocycles. The van der Waals surface area contributed by atoms with Crippen LogP contribution < -0.4 is 11.1 Å². The summed E-state index contributed by atoms with van der Waals surface area (Å²) in [6.07, 6.45) is 0.997. The standard InChI is InChI=1S/C16H17FN2O/c17-14-6-4-12(5-7-14)8-9-19-16(20)11-13-2-1-3-15(18)10-13/h1-7,10H,8-9,11,18H2,(H,19,20). The van der Waals surface area contributed by atoms with Crippen molar-refractivity contribution in [2.45, 2.75) is 12.8 Å². The lowest BCUT2D eigenvalue weighted by Gasteiger charge is -2.06. The van der Waals surface area contributed by atoms with E-state index in [0.29, 0.717) is 25.1 Å². The largest absolute Gasteiger partial charge is 0.399 e. The van der Waals surface area contributed by atoms with E-state index in [1.165, 1.54) is 12.1 Å². The molecule has 0 saturated carbocycles. The van der Waals surface area contributed by atoms with E-state index >= 15 is 0 Å². The zero-order valence-electron chi connectivity index (χ0n) is 11.1. The van der Waals surface area contributed by atoms with E-state index < -0.39 is 0 Å². The Balaban J connectivity index is 1.76. The normalized spacial score (nSPS) is 10.2. The van der Waals surface area contributed by atoms with Crippen LogP contribution in [-0.4, -0.2) is 12.5 Å². The summed E-state index contributed by atoms with van der Waals surface area (Å²) in [5.41, 5.74) is 8.20. The molecule has 0 fully saturated rings. The number of nitrogens with two attached hydrogens (primary N) is 1. The van der Waals surface area contributed by atoms with E-state index in [-0.39, 0.29) is 11.7 Å². The molecule has 3 N–H and O–H groups in total. The van der Waals surface area contributed by atoms with E-state index in [2.05, 4.69) is 5.32 Å². The number of carbonyl (C=O) groups is 1. The van der Waals surface area contributed by atoms with Crippen LogP contribution in [0.1, 0.15) is 11.1 Å². The van der Waals surface area contributed by atoms with Gasteiger partial charge in [-0.25, -0.2) is 4.39 Å². The lowest BCUT2D eigenvalue weighted by molar-refractivity contribution is -0.120. The molecule has 2 aromatic rings. The highest BCUT2D eigenvalue weighted by Gasteiger charge is 2.03. The zero-order valence-corrected chi connectivity index (χ0v) is 11.1. The van der Waals surface area contributed by atoms with Crippen LogP contribution in [0.5, 0.6) is 0 Å². The van der Waals surface area contributed by atoms with Gasteiger partial charge in [0.1, 0.15) is 5.82 Å². The number of amides is 1. The summed E-state index contributed by atoms with van der Waals surface area (Å²) in [5.74, 6) is -0.294. The lowest BCUT2D eigenvalue weighted by Crippen LogP contribution is -2.27. The number of hydrogen-bond donors (Lipinski definition) is 2. The monoisotopic (exact) mass is 272 g/mol. The highest BCUT2D eigenvalue weighted by atomic mass is 19.1. The van der Waals surface area contributed by atoms with E-state index in [9.17, 15) is 9.18 Å². The van der Waals surface area contributed by atoms with Crippen molar-refractivity contribution in [2.24, 2.45) is 0 Å². The second-order valence-corrected chi connectivity index (χ2v) is 4.65. The molecule has 0 radical (unpaired) electrons. The molecule has 0 aliphatic rings. The highest BCUT2D eigenvalue weighted by Crippen LogP contribution is 2.07. The van der Waals surface area contributed by atoms with E-state index in [0.717, 1.165) is 11.1 Å². The van der Waals surface area contributed by atoms with Crippen molar-refractivity contribution in [2.75, 3.05) is 12.3 Å². The summed E-state index contributed by atoms with van der Waals surface area (Å²) in [7, 11) is 0. The summed E-state index contributed by atoms with van der Waals surface area (Å²) in [5, 5.41) is 2.84. The minimum atomic E-state index is -0.251. The second-order valence-electron chi connectivity index (χ2n) is 4.65. The molecule has 0 atom stereocenters. The van der Waals surface area contributed by atoms with Crippen LogP contribution in [0.4, 0.5) is 10.1 Å². The van der Waals surface area contributed by atoms with E-state index in [1.54, 1.807) is 24.3 Å². The molecule has 0 unspecified atom stereocenters. The van der Waals surface area contributed by atoms with Crippen LogP contribution in [0.15, 0.2) is 48.5 Å². The van der Waals surface area contributed by atoms with Gasteiger partial charge in [-0.15, -0.1) is 0 Å². The van der Waals surface area contributed by atoms with Crippen LogP contribution in [-0.2, 0) is 17.6 Å². The number of halogens is 1. The van der Waals surface area contributed by atoms with Crippen molar-refractivity contribution >= 4 is 11.6 Å². The molecule has 104 valence electrons. The molecule has 1 amide bonds. The number of nitrogen functional groups attached to an aromatic ring is 1. The van der Waals surface area contributed by atoms with Gasteiger partial charge in [0.2, 0.25) is 5.91 Å². The van der Waals surface area contributed by atoms with Gasteiger partial charge < -0.3 is 11.1 Å². The Kier molecular flexibility index (Phi) is 4.71. The first-order valence-corrected chi connectivity index (χ1v) is 6.49. The third kappa shape index (κ3) is 4.39. The predicted molar refractivity (Wildman–Crippen MR) is 77.7 cm³/mol. The van der Waals surface area contributed by atoms with Gasteiger partial charge in [0, 0.05) is 12.2 Å². The molecule has 20 heavy (non-hydrogen) atoms. The SMILES string of the molecule is Nc1cccc(CC(=O)NCCc2ccc(F)cc2)c1. The average molecular weight is 272 g/mol. The molecule has 0 bridgehead atoms. The van der Waals surface area contributed by atoms with Gasteiger partial charge in [-0.1, -0.05) is 24.3 Å². The van der Waals surface area contributed by atoms with Gasteiger partial charge in [-0.3, -0.25) is 4.79 Å². The van der Waals surface area contributed by atoms with Crippen LogP contribution in [0.25, 0.3) is 0 Å². The van der Waals surface area contributed by atoms with Gasteiger partial charge >= 0.3 is 0 Å². The summed E-state index contributed by atoms with van der Waals surface area (Å²) in [6.45, 7) is 0.535. The Labute approximate surface area is 117 Å². The smallest absolute Gasteiger partial charge is 0.224 e. The highest BCUT2D eigenvalue weighted by molar-refractivity contribution is 5.78. The number of benzene rings is 2. The number of carbonyl (C=O) groups excluding carboxylic acids is 1. The molecular formula is C16H17FN2O. The third-order valence-electron chi connectivity index (χ3n) is 2.96. The van der Waals surface area contributed by atoms with E-state index in [4.69, 9.17) is 5.73 Å². The predicted octanol–water partition coefficient (Wildman–Crippen LogP) is 2.31. The van der Waals surface area contributed by atoms with Crippen molar-refractivity contribution < 1.29 is 9.18 Å². The first-order chi connectivity index (χ1) is 9.63. The van der Waals surface area contributed by atoms with E-state index in [1.807, 2.05) is 12.1 Å². The number of anilines is 1. The molecular weight excluding hydrogens is 255 g/mol. The fourth-order valence-electron chi connectivity index (χ4n) is 1.95. The van der Waals surface area contributed by atoms with Crippen molar-refractivity contribution in [3.05, 3.63) is 65.5 Å². The molecule has 3 nitrogen and oxygen atoms in total. The summed E-state index contributed by atoms with van der Waals surface area (Å²) < 4.78 is 12.7. The van der Waals surface area contributed by atoms with Crippen LogP contribution in [0, 0.1) is 5.82 Å². The first kappa shape index (κ1) is 14.1. The topological polar surface area (TPSA) is 55.1 Å². The van der Waals surface area contributed by atoms with Crippen molar-refractivity contribution in [1.29, 1.82) is 0 Å². The fourth-order valence-corrected chi connectivity index (χ4v) is 1.95.